The van der Waals surface area contributed by atoms with Gasteiger partial charge in [-0.1, -0.05) is 11.6 Å². The first-order valence-electron chi connectivity index (χ1n) is 5.23. The SMILES string of the molecule is CN(c1ccc(N)c(F)c1)c1cc(Cl)ccc1F. The fourth-order valence-electron chi connectivity index (χ4n) is 1.61. The van der Waals surface area contributed by atoms with Crippen molar-refractivity contribution in [1.82, 2.24) is 0 Å². The lowest BCUT2D eigenvalue weighted by Gasteiger charge is -2.20. The number of nitrogens with two attached hydrogens (primary N) is 1. The minimum atomic E-state index is -0.540. The van der Waals surface area contributed by atoms with Crippen molar-refractivity contribution in [2.24, 2.45) is 0 Å². The molecule has 0 unspecified atom stereocenters. The summed E-state index contributed by atoms with van der Waals surface area (Å²) in [5.74, 6) is -0.971. The van der Waals surface area contributed by atoms with Crippen LogP contribution in [-0.4, -0.2) is 7.05 Å². The Labute approximate surface area is 109 Å². The lowest BCUT2D eigenvalue weighted by atomic mass is 10.2. The zero-order valence-corrected chi connectivity index (χ0v) is 10.4. The molecule has 18 heavy (non-hydrogen) atoms. The minimum Gasteiger partial charge on any atom is -0.396 e. The van der Waals surface area contributed by atoms with Crippen LogP contribution in [-0.2, 0) is 0 Å². The number of hydrogen-bond donors (Lipinski definition) is 1. The van der Waals surface area contributed by atoms with Crippen LogP contribution >= 0.6 is 11.6 Å². The van der Waals surface area contributed by atoms with E-state index in [0.717, 1.165) is 0 Å². The van der Waals surface area contributed by atoms with Crippen LogP contribution in [0.3, 0.4) is 0 Å². The van der Waals surface area contributed by atoms with Crippen LogP contribution in [0.25, 0.3) is 0 Å². The highest BCUT2D eigenvalue weighted by atomic mass is 35.5. The molecule has 94 valence electrons. The van der Waals surface area contributed by atoms with Crippen LogP contribution < -0.4 is 10.6 Å². The molecule has 0 aromatic heterocycles. The Morgan fingerprint density at radius 3 is 2.44 bits per heavy atom. The third kappa shape index (κ3) is 2.38. The van der Waals surface area contributed by atoms with Crippen LogP contribution in [0.4, 0.5) is 25.8 Å². The van der Waals surface area contributed by atoms with Crippen molar-refractivity contribution in [3.8, 4) is 0 Å². The fourth-order valence-corrected chi connectivity index (χ4v) is 1.77. The molecule has 0 aliphatic heterocycles. The van der Waals surface area contributed by atoms with E-state index in [-0.39, 0.29) is 11.4 Å². The highest BCUT2D eigenvalue weighted by molar-refractivity contribution is 6.30. The van der Waals surface area contributed by atoms with Gasteiger partial charge in [0.2, 0.25) is 0 Å². The molecule has 2 aromatic carbocycles. The molecule has 0 aliphatic rings. The van der Waals surface area contributed by atoms with Crippen molar-refractivity contribution in [3.05, 3.63) is 53.1 Å². The van der Waals surface area contributed by atoms with E-state index < -0.39 is 11.6 Å². The van der Waals surface area contributed by atoms with Gasteiger partial charge in [-0.2, -0.15) is 0 Å². The molecule has 0 amide bonds. The normalized spacial score (nSPS) is 10.4. The summed E-state index contributed by atoms with van der Waals surface area (Å²) >= 11 is 5.82. The quantitative estimate of drug-likeness (QED) is 0.835. The molecular formula is C13H11ClF2N2. The summed E-state index contributed by atoms with van der Waals surface area (Å²) in [5, 5.41) is 0.411. The predicted molar refractivity (Wildman–Crippen MR) is 70.3 cm³/mol. The number of nitrogens with zero attached hydrogens (tertiary/aromatic N) is 1. The van der Waals surface area contributed by atoms with Gasteiger partial charge in [-0.25, -0.2) is 8.78 Å². The Balaban J connectivity index is 2.44. The molecule has 0 heterocycles. The van der Waals surface area contributed by atoms with Crippen molar-refractivity contribution < 1.29 is 8.78 Å². The van der Waals surface area contributed by atoms with Crippen LogP contribution in [0.15, 0.2) is 36.4 Å². The second kappa shape index (κ2) is 4.82. The first-order chi connectivity index (χ1) is 8.49. The first-order valence-corrected chi connectivity index (χ1v) is 5.60. The molecule has 5 heteroatoms. The van der Waals surface area contributed by atoms with E-state index in [1.165, 1.54) is 35.2 Å². The third-order valence-electron chi connectivity index (χ3n) is 2.64. The topological polar surface area (TPSA) is 29.3 Å². The molecule has 0 saturated carbocycles. The molecule has 2 aromatic rings. The second-order valence-electron chi connectivity index (χ2n) is 3.86. The maximum Gasteiger partial charge on any atom is 0.148 e. The van der Waals surface area contributed by atoms with Crippen molar-refractivity contribution in [3.63, 3.8) is 0 Å². The van der Waals surface area contributed by atoms with Gasteiger partial charge in [-0.3, -0.25) is 0 Å². The summed E-state index contributed by atoms with van der Waals surface area (Å²) < 4.78 is 27.0. The third-order valence-corrected chi connectivity index (χ3v) is 2.88. The number of rotatable bonds is 2. The smallest absolute Gasteiger partial charge is 0.148 e. The largest absolute Gasteiger partial charge is 0.396 e. The van der Waals surface area contributed by atoms with Gasteiger partial charge >= 0.3 is 0 Å². The minimum absolute atomic E-state index is 0.0544. The van der Waals surface area contributed by atoms with E-state index in [4.69, 9.17) is 17.3 Å². The fraction of sp³-hybridized carbons (Fsp3) is 0.0769. The highest BCUT2D eigenvalue weighted by Crippen LogP contribution is 2.30. The van der Waals surface area contributed by atoms with Crippen molar-refractivity contribution in [2.75, 3.05) is 17.7 Å². The maximum atomic E-state index is 13.7. The average Bonchev–Trinajstić information content (AvgIpc) is 2.35. The summed E-state index contributed by atoms with van der Waals surface area (Å²) in [6, 6.07) is 8.49. The number of benzene rings is 2. The lowest BCUT2D eigenvalue weighted by Crippen LogP contribution is -2.11. The Bertz CT molecular complexity index is 587. The first kappa shape index (κ1) is 12.6. The molecule has 0 bridgehead atoms. The van der Waals surface area contributed by atoms with Crippen molar-refractivity contribution in [2.45, 2.75) is 0 Å². The van der Waals surface area contributed by atoms with Gasteiger partial charge in [-0.05, 0) is 36.4 Å². The summed E-state index contributed by atoms with van der Waals surface area (Å²) in [5.41, 5.74) is 6.21. The number of anilines is 3. The maximum absolute atomic E-state index is 13.7. The van der Waals surface area contributed by atoms with E-state index in [1.807, 2.05) is 0 Å². The standard InChI is InChI=1S/C13H11ClF2N2/c1-18(9-3-5-12(17)11(16)7-9)13-6-8(14)2-4-10(13)15/h2-7H,17H2,1H3. The number of halogens is 3. The van der Waals surface area contributed by atoms with Gasteiger partial charge in [0.05, 0.1) is 11.4 Å². The van der Waals surface area contributed by atoms with Gasteiger partial charge in [0.25, 0.3) is 0 Å². The molecule has 0 fully saturated rings. The predicted octanol–water partition coefficient (Wildman–Crippen LogP) is 3.97. The second-order valence-corrected chi connectivity index (χ2v) is 4.30. The van der Waals surface area contributed by atoms with Crippen LogP contribution in [0.1, 0.15) is 0 Å². The molecular weight excluding hydrogens is 258 g/mol. The molecule has 0 spiro atoms. The van der Waals surface area contributed by atoms with Gasteiger partial charge in [-0.15, -0.1) is 0 Å². The van der Waals surface area contributed by atoms with E-state index >= 15 is 0 Å². The van der Waals surface area contributed by atoms with E-state index in [1.54, 1.807) is 13.1 Å². The Morgan fingerprint density at radius 1 is 1.06 bits per heavy atom. The monoisotopic (exact) mass is 268 g/mol. The summed E-state index contributed by atoms with van der Waals surface area (Å²) in [7, 11) is 1.62. The van der Waals surface area contributed by atoms with E-state index in [2.05, 4.69) is 0 Å². The summed E-state index contributed by atoms with van der Waals surface area (Å²) in [6.07, 6.45) is 0. The van der Waals surface area contributed by atoms with Crippen molar-refractivity contribution >= 4 is 28.7 Å². The number of nitrogen functional groups attached to an aromatic ring is 1. The van der Waals surface area contributed by atoms with E-state index in [0.29, 0.717) is 10.7 Å². The molecule has 0 saturated heterocycles. The Hall–Kier alpha value is -1.81. The Kier molecular flexibility index (Phi) is 3.39. The molecule has 0 atom stereocenters. The summed E-state index contributed by atoms with van der Waals surface area (Å²) in [4.78, 5) is 1.50. The van der Waals surface area contributed by atoms with Gasteiger partial charge < -0.3 is 10.6 Å². The van der Waals surface area contributed by atoms with Crippen molar-refractivity contribution in [1.29, 1.82) is 0 Å². The van der Waals surface area contributed by atoms with Gasteiger partial charge in [0.1, 0.15) is 11.6 Å². The van der Waals surface area contributed by atoms with E-state index in [9.17, 15) is 8.78 Å². The van der Waals surface area contributed by atoms with Crippen LogP contribution in [0.2, 0.25) is 5.02 Å². The molecule has 2 N–H and O–H groups in total. The highest BCUT2D eigenvalue weighted by Gasteiger charge is 2.11. The molecule has 0 radical (unpaired) electrons. The molecule has 2 nitrogen and oxygen atoms in total. The van der Waals surface area contributed by atoms with Crippen LogP contribution in [0, 0.1) is 11.6 Å². The average molecular weight is 269 g/mol. The van der Waals surface area contributed by atoms with Gasteiger partial charge in [0, 0.05) is 17.8 Å². The zero-order chi connectivity index (χ0) is 13.3. The zero-order valence-electron chi connectivity index (χ0n) is 9.62. The van der Waals surface area contributed by atoms with Crippen LogP contribution in [0.5, 0.6) is 0 Å². The van der Waals surface area contributed by atoms with Gasteiger partial charge in [0.15, 0.2) is 0 Å². The number of hydrogen-bond acceptors (Lipinski definition) is 2. The lowest BCUT2D eigenvalue weighted by molar-refractivity contribution is 0.625. The summed E-state index contributed by atoms with van der Waals surface area (Å²) in [6.45, 7) is 0. The molecule has 2 rings (SSSR count). The Morgan fingerprint density at radius 2 is 1.78 bits per heavy atom. The molecule has 0 aliphatic carbocycles.